The van der Waals surface area contributed by atoms with Gasteiger partial charge in [0.25, 0.3) is 5.84 Å². The number of rotatable bonds is 3. The van der Waals surface area contributed by atoms with Gasteiger partial charge in [0.05, 0.1) is 12.3 Å². The van der Waals surface area contributed by atoms with Crippen molar-refractivity contribution >= 4 is 23.4 Å². The Morgan fingerprint density at radius 3 is 2.74 bits per heavy atom. The number of carbonyl (C=O) groups is 2. The molecule has 1 amide bonds. The first kappa shape index (κ1) is 15.3. The standard InChI is InChI=1S/C16H20N4O3/c1-4-23-15(22)14-18-19(12-7-5-11(2)6-8-12)16(3)10-9-13(21)17-20(14)16/h5-8H,4,9-10H2,1-3H3,(H,17,21). The molecule has 0 aliphatic carbocycles. The first-order chi connectivity index (χ1) is 11.0. The molecule has 2 aliphatic rings. The smallest absolute Gasteiger partial charge is 0.377 e. The zero-order chi connectivity index (χ0) is 16.6. The minimum Gasteiger partial charge on any atom is -0.460 e. The molecule has 1 fully saturated rings. The van der Waals surface area contributed by atoms with Crippen LogP contribution in [0.15, 0.2) is 29.4 Å². The van der Waals surface area contributed by atoms with Crippen LogP contribution in [0, 0.1) is 6.92 Å². The van der Waals surface area contributed by atoms with E-state index in [-0.39, 0.29) is 18.3 Å². The predicted octanol–water partition coefficient (Wildman–Crippen LogP) is 1.53. The summed E-state index contributed by atoms with van der Waals surface area (Å²) in [5, 5.41) is 7.74. The van der Waals surface area contributed by atoms with Crippen LogP contribution in [0.1, 0.15) is 32.3 Å². The van der Waals surface area contributed by atoms with E-state index in [2.05, 4.69) is 10.5 Å². The van der Waals surface area contributed by atoms with Crippen molar-refractivity contribution in [3.05, 3.63) is 29.8 Å². The van der Waals surface area contributed by atoms with Crippen molar-refractivity contribution in [2.75, 3.05) is 11.6 Å². The van der Waals surface area contributed by atoms with Gasteiger partial charge in [0, 0.05) is 12.8 Å². The summed E-state index contributed by atoms with van der Waals surface area (Å²) in [6.45, 7) is 5.94. The number of hydrazone groups is 1. The zero-order valence-corrected chi connectivity index (χ0v) is 13.5. The summed E-state index contributed by atoms with van der Waals surface area (Å²) in [5.41, 5.74) is 4.11. The first-order valence-electron chi connectivity index (χ1n) is 7.68. The maximum absolute atomic E-state index is 12.2. The number of amides is 1. The molecule has 1 saturated heterocycles. The Morgan fingerprint density at radius 1 is 1.39 bits per heavy atom. The van der Waals surface area contributed by atoms with Crippen LogP contribution in [0.3, 0.4) is 0 Å². The van der Waals surface area contributed by atoms with Crippen molar-refractivity contribution in [1.82, 2.24) is 10.4 Å². The number of nitrogens with one attached hydrogen (secondary N) is 1. The predicted molar refractivity (Wildman–Crippen MR) is 85.3 cm³/mol. The molecule has 7 nitrogen and oxygen atoms in total. The SMILES string of the molecule is CCOC(=O)C1=NN(c2ccc(C)cc2)C2(C)CCC(=O)NN12. The number of hydrogen-bond donors (Lipinski definition) is 1. The van der Waals surface area contributed by atoms with Crippen molar-refractivity contribution in [3.63, 3.8) is 0 Å². The van der Waals surface area contributed by atoms with E-state index in [1.165, 1.54) is 5.01 Å². The molecule has 7 heteroatoms. The lowest BCUT2D eigenvalue weighted by atomic mass is 10.0. The summed E-state index contributed by atoms with van der Waals surface area (Å²) in [7, 11) is 0. The fraction of sp³-hybridized carbons (Fsp3) is 0.438. The van der Waals surface area contributed by atoms with Crippen LogP contribution in [0.4, 0.5) is 5.69 Å². The number of nitrogens with zero attached hydrogens (tertiary/aromatic N) is 3. The average molecular weight is 316 g/mol. The van der Waals surface area contributed by atoms with Gasteiger partial charge in [-0.3, -0.25) is 10.2 Å². The van der Waals surface area contributed by atoms with Gasteiger partial charge in [-0.1, -0.05) is 17.7 Å². The molecule has 2 heterocycles. The number of ether oxygens (including phenoxy) is 1. The normalized spacial score (nSPS) is 23.3. The molecule has 1 aromatic carbocycles. The number of esters is 1. The number of anilines is 1. The Balaban J connectivity index is 2.02. The lowest BCUT2D eigenvalue weighted by Crippen LogP contribution is -2.64. The van der Waals surface area contributed by atoms with Crippen molar-refractivity contribution in [2.24, 2.45) is 5.10 Å². The maximum Gasteiger partial charge on any atom is 0.377 e. The Labute approximate surface area is 134 Å². The quantitative estimate of drug-likeness (QED) is 0.856. The van der Waals surface area contributed by atoms with Crippen LogP contribution < -0.4 is 10.4 Å². The number of hydrogen-bond acceptors (Lipinski definition) is 6. The minimum absolute atomic E-state index is 0.1000. The van der Waals surface area contributed by atoms with Crippen molar-refractivity contribution in [3.8, 4) is 0 Å². The Morgan fingerprint density at radius 2 is 2.09 bits per heavy atom. The Hall–Kier alpha value is -2.57. The monoisotopic (exact) mass is 316 g/mol. The van der Waals surface area contributed by atoms with Crippen molar-refractivity contribution in [1.29, 1.82) is 0 Å². The van der Waals surface area contributed by atoms with Crippen molar-refractivity contribution in [2.45, 2.75) is 39.3 Å². The van der Waals surface area contributed by atoms with Gasteiger partial charge >= 0.3 is 5.97 Å². The molecule has 0 saturated carbocycles. The Bertz CT molecular complexity index is 670. The van der Waals surface area contributed by atoms with Crippen LogP contribution in [-0.2, 0) is 14.3 Å². The summed E-state index contributed by atoms with van der Waals surface area (Å²) in [6.07, 6.45) is 0.931. The third-order valence-corrected chi connectivity index (χ3v) is 4.14. The van der Waals surface area contributed by atoms with Gasteiger partial charge < -0.3 is 4.74 Å². The molecule has 23 heavy (non-hydrogen) atoms. The molecule has 0 spiro atoms. The van der Waals surface area contributed by atoms with E-state index in [9.17, 15) is 9.59 Å². The molecule has 1 N–H and O–H groups in total. The lowest BCUT2D eigenvalue weighted by Gasteiger charge is -2.44. The second-order valence-corrected chi connectivity index (χ2v) is 5.88. The van der Waals surface area contributed by atoms with Crippen LogP contribution in [0.2, 0.25) is 0 Å². The lowest BCUT2D eigenvalue weighted by molar-refractivity contribution is -0.137. The highest BCUT2D eigenvalue weighted by atomic mass is 16.5. The zero-order valence-electron chi connectivity index (χ0n) is 13.5. The van der Waals surface area contributed by atoms with E-state index in [0.717, 1.165) is 11.3 Å². The molecule has 0 radical (unpaired) electrons. The molecular formula is C16H20N4O3. The third-order valence-electron chi connectivity index (χ3n) is 4.14. The molecule has 1 atom stereocenters. The highest BCUT2D eigenvalue weighted by Gasteiger charge is 2.51. The molecule has 0 bridgehead atoms. The summed E-state index contributed by atoms with van der Waals surface area (Å²) in [6, 6.07) is 7.88. The van der Waals surface area contributed by atoms with E-state index < -0.39 is 11.6 Å². The number of aryl methyl sites for hydroxylation is 1. The summed E-state index contributed by atoms with van der Waals surface area (Å²) in [4.78, 5) is 24.0. The number of fused-ring (bicyclic) bond motifs is 1. The molecule has 1 unspecified atom stereocenters. The van der Waals surface area contributed by atoms with Gasteiger partial charge in [0.15, 0.2) is 5.66 Å². The van der Waals surface area contributed by atoms with Crippen LogP contribution in [-0.4, -0.2) is 35.0 Å². The van der Waals surface area contributed by atoms with Crippen LogP contribution >= 0.6 is 0 Å². The molecule has 3 rings (SSSR count). The van der Waals surface area contributed by atoms with Crippen molar-refractivity contribution < 1.29 is 14.3 Å². The fourth-order valence-electron chi connectivity index (χ4n) is 2.84. The molecule has 122 valence electrons. The second kappa shape index (κ2) is 5.57. The fourth-order valence-corrected chi connectivity index (χ4v) is 2.84. The van der Waals surface area contributed by atoms with E-state index in [1.807, 2.05) is 38.1 Å². The van der Waals surface area contributed by atoms with E-state index >= 15 is 0 Å². The summed E-state index contributed by atoms with van der Waals surface area (Å²) < 4.78 is 5.07. The number of carbonyl (C=O) groups excluding carboxylic acids is 2. The third kappa shape index (κ3) is 2.52. The van der Waals surface area contributed by atoms with Gasteiger partial charge in [0.1, 0.15) is 0 Å². The molecular weight excluding hydrogens is 296 g/mol. The number of amidine groups is 1. The van der Waals surface area contributed by atoms with E-state index in [0.29, 0.717) is 12.8 Å². The van der Waals surface area contributed by atoms with E-state index in [4.69, 9.17) is 4.74 Å². The largest absolute Gasteiger partial charge is 0.460 e. The maximum atomic E-state index is 12.2. The van der Waals surface area contributed by atoms with E-state index in [1.54, 1.807) is 11.9 Å². The topological polar surface area (TPSA) is 74.2 Å². The van der Waals surface area contributed by atoms with Gasteiger partial charge in [0.2, 0.25) is 5.91 Å². The Kier molecular flexibility index (Phi) is 3.71. The van der Waals surface area contributed by atoms with Gasteiger partial charge in [-0.25, -0.2) is 14.8 Å². The highest BCUT2D eigenvalue weighted by Crippen LogP contribution is 2.37. The van der Waals surface area contributed by atoms with Gasteiger partial charge in [-0.15, -0.1) is 5.10 Å². The van der Waals surface area contributed by atoms with Gasteiger partial charge in [-0.2, -0.15) is 0 Å². The second-order valence-electron chi connectivity index (χ2n) is 5.88. The summed E-state index contributed by atoms with van der Waals surface area (Å²) in [5.74, 6) is -0.580. The number of benzene rings is 1. The number of hydrazine groups is 1. The van der Waals surface area contributed by atoms with Gasteiger partial charge in [-0.05, 0) is 32.9 Å². The minimum atomic E-state index is -0.634. The first-order valence-corrected chi connectivity index (χ1v) is 7.68. The van der Waals surface area contributed by atoms with Crippen LogP contribution in [0.5, 0.6) is 0 Å². The summed E-state index contributed by atoms with van der Waals surface area (Å²) >= 11 is 0. The van der Waals surface area contributed by atoms with Crippen LogP contribution in [0.25, 0.3) is 0 Å². The molecule has 1 aromatic rings. The molecule has 2 aliphatic heterocycles. The average Bonchev–Trinajstić information content (AvgIpc) is 2.82. The molecule has 0 aromatic heterocycles. The highest BCUT2D eigenvalue weighted by molar-refractivity contribution is 6.36.